The summed E-state index contributed by atoms with van der Waals surface area (Å²) in [5.41, 5.74) is 4.87. The van der Waals surface area contributed by atoms with Gasteiger partial charge in [0.25, 0.3) is 0 Å². The second-order valence-corrected chi connectivity index (χ2v) is 8.39. The molecule has 1 atom stereocenters. The molecular formula is C26H24ClN3O3. The first-order chi connectivity index (χ1) is 16.1. The fourth-order valence-corrected chi connectivity index (χ4v) is 4.73. The molecule has 0 radical (unpaired) electrons. The van der Waals surface area contributed by atoms with Gasteiger partial charge >= 0.3 is 6.03 Å². The zero-order valence-corrected chi connectivity index (χ0v) is 19.1. The molecule has 0 spiro atoms. The van der Waals surface area contributed by atoms with Crippen LogP contribution in [0.15, 0.2) is 66.7 Å². The summed E-state index contributed by atoms with van der Waals surface area (Å²) < 4.78 is 10.7. The Balaban J connectivity index is 1.57. The Morgan fingerprint density at radius 1 is 1.06 bits per heavy atom. The molecule has 0 aliphatic carbocycles. The van der Waals surface area contributed by atoms with Crippen molar-refractivity contribution in [2.45, 2.75) is 12.5 Å². The van der Waals surface area contributed by atoms with Gasteiger partial charge in [-0.05, 0) is 53.9 Å². The number of methoxy groups -OCH3 is 2. The second kappa shape index (κ2) is 8.71. The molecule has 1 aromatic heterocycles. The van der Waals surface area contributed by atoms with Gasteiger partial charge in [-0.2, -0.15) is 0 Å². The van der Waals surface area contributed by atoms with Gasteiger partial charge in [-0.1, -0.05) is 41.9 Å². The summed E-state index contributed by atoms with van der Waals surface area (Å²) in [6.07, 6.45) is 0.756. The van der Waals surface area contributed by atoms with E-state index in [2.05, 4.69) is 22.4 Å². The summed E-state index contributed by atoms with van der Waals surface area (Å²) in [6, 6.07) is 20.8. The van der Waals surface area contributed by atoms with E-state index in [1.807, 2.05) is 41.3 Å². The molecule has 2 N–H and O–H groups in total. The van der Waals surface area contributed by atoms with Crippen LogP contribution < -0.4 is 14.8 Å². The minimum atomic E-state index is -0.280. The number of halogens is 1. The molecule has 2 heterocycles. The lowest BCUT2D eigenvalue weighted by molar-refractivity contribution is 0.193. The highest BCUT2D eigenvalue weighted by Crippen LogP contribution is 2.39. The summed E-state index contributed by atoms with van der Waals surface area (Å²) >= 11 is 6.17. The number of aromatic nitrogens is 1. The van der Waals surface area contributed by atoms with Crippen LogP contribution in [0.2, 0.25) is 5.02 Å². The van der Waals surface area contributed by atoms with Crippen molar-refractivity contribution in [3.63, 3.8) is 0 Å². The first-order valence-corrected chi connectivity index (χ1v) is 11.1. The van der Waals surface area contributed by atoms with Crippen LogP contribution in [-0.4, -0.2) is 36.7 Å². The average molecular weight is 462 g/mol. The third-order valence-corrected chi connectivity index (χ3v) is 6.37. The molecule has 1 aliphatic rings. The predicted octanol–water partition coefficient (Wildman–Crippen LogP) is 6.02. The molecule has 2 amide bonds. The number of fused-ring (bicyclic) bond motifs is 3. The maximum atomic E-state index is 13.6. The third kappa shape index (κ3) is 3.87. The monoisotopic (exact) mass is 461 g/mol. The van der Waals surface area contributed by atoms with Crippen LogP contribution in [0.5, 0.6) is 11.5 Å². The van der Waals surface area contributed by atoms with Crippen molar-refractivity contribution in [1.29, 1.82) is 0 Å². The van der Waals surface area contributed by atoms with Crippen molar-refractivity contribution < 1.29 is 14.3 Å². The zero-order valence-electron chi connectivity index (χ0n) is 18.4. The molecule has 0 bridgehead atoms. The first kappa shape index (κ1) is 21.2. The molecule has 168 valence electrons. The molecule has 0 saturated heterocycles. The van der Waals surface area contributed by atoms with Crippen LogP contribution in [-0.2, 0) is 6.42 Å². The first-order valence-electron chi connectivity index (χ1n) is 10.7. The lowest BCUT2D eigenvalue weighted by atomic mass is 9.92. The topological polar surface area (TPSA) is 66.6 Å². The van der Waals surface area contributed by atoms with Crippen molar-refractivity contribution in [1.82, 2.24) is 9.88 Å². The highest BCUT2D eigenvalue weighted by molar-refractivity contribution is 6.31. The quantitative estimate of drug-likeness (QED) is 0.390. The van der Waals surface area contributed by atoms with Crippen molar-refractivity contribution in [2.24, 2.45) is 0 Å². The fourth-order valence-electron chi connectivity index (χ4n) is 4.56. The van der Waals surface area contributed by atoms with Crippen molar-refractivity contribution in [3.05, 3.63) is 88.6 Å². The second-order valence-electron chi connectivity index (χ2n) is 7.96. The minimum absolute atomic E-state index is 0.222. The number of carbonyl (C=O) groups is 1. The highest BCUT2D eigenvalue weighted by atomic mass is 35.5. The zero-order chi connectivity index (χ0) is 22.9. The Hall–Kier alpha value is -3.64. The number of nitrogens with one attached hydrogen (secondary N) is 2. The third-order valence-electron chi connectivity index (χ3n) is 6.13. The van der Waals surface area contributed by atoms with Gasteiger partial charge in [0.2, 0.25) is 0 Å². The van der Waals surface area contributed by atoms with E-state index in [-0.39, 0.29) is 12.1 Å². The van der Waals surface area contributed by atoms with E-state index in [1.54, 1.807) is 32.4 Å². The van der Waals surface area contributed by atoms with Gasteiger partial charge in [0.15, 0.2) is 0 Å². The number of aromatic amines is 1. The molecule has 1 aliphatic heterocycles. The van der Waals surface area contributed by atoms with Crippen LogP contribution in [0.1, 0.15) is 22.9 Å². The number of amides is 2. The summed E-state index contributed by atoms with van der Waals surface area (Å²) in [5.74, 6) is 1.32. The van der Waals surface area contributed by atoms with E-state index in [0.717, 1.165) is 28.9 Å². The van der Waals surface area contributed by atoms with E-state index < -0.39 is 0 Å². The molecule has 7 heteroatoms. The number of H-pyrrole nitrogens is 1. The number of hydrogen-bond acceptors (Lipinski definition) is 3. The van der Waals surface area contributed by atoms with Crippen LogP contribution in [0.3, 0.4) is 0 Å². The van der Waals surface area contributed by atoms with E-state index in [9.17, 15) is 4.79 Å². The molecule has 33 heavy (non-hydrogen) atoms. The van der Waals surface area contributed by atoms with Gasteiger partial charge in [-0.25, -0.2) is 4.79 Å². The van der Waals surface area contributed by atoms with Gasteiger partial charge in [0.1, 0.15) is 11.5 Å². The SMILES string of the molecule is COc1ccc(C2c3[nH]c4ccccc4c3CCN2C(=O)Nc2cc(Cl)ccc2OC)cc1. The summed E-state index contributed by atoms with van der Waals surface area (Å²) in [4.78, 5) is 19.0. The van der Waals surface area contributed by atoms with E-state index in [0.29, 0.717) is 23.0 Å². The van der Waals surface area contributed by atoms with Crippen LogP contribution in [0.4, 0.5) is 10.5 Å². The molecule has 3 aromatic carbocycles. The number of ether oxygens (including phenoxy) is 2. The molecular weight excluding hydrogens is 438 g/mol. The Morgan fingerprint density at radius 2 is 1.85 bits per heavy atom. The number of para-hydroxylation sites is 1. The molecule has 1 unspecified atom stereocenters. The highest BCUT2D eigenvalue weighted by Gasteiger charge is 2.35. The maximum absolute atomic E-state index is 13.6. The van der Waals surface area contributed by atoms with Crippen LogP contribution in [0.25, 0.3) is 10.9 Å². The number of urea groups is 1. The van der Waals surface area contributed by atoms with E-state index in [4.69, 9.17) is 21.1 Å². The molecule has 0 saturated carbocycles. The summed E-state index contributed by atoms with van der Waals surface area (Å²) in [5, 5.41) is 4.72. The molecule has 5 rings (SSSR count). The van der Waals surface area contributed by atoms with Crippen molar-refractivity contribution in [2.75, 3.05) is 26.1 Å². The lowest BCUT2D eigenvalue weighted by Gasteiger charge is -2.36. The Kier molecular flexibility index (Phi) is 5.60. The number of carbonyl (C=O) groups excluding carboxylic acids is 1. The average Bonchev–Trinajstić information content (AvgIpc) is 3.22. The molecule has 0 fully saturated rings. The van der Waals surface area contributed by atoms with Gasteiger partial charge in [0.05, 0.1) is 25.9 Å². The largest absolute Gasteiger partial charge is 0.497 e. The standard InChI is InChI=1S/C26H24ClN3O3/c1-32-18-10-7-16(8-11-18)25-24-20(19-5-3-4-6-21(19)28-24)13-14-30(25)26(31)29-22-15-17(27)9-12-23(22)33-2/h3-12,15,25,28H,13-14H2,1-2H3,(H,29,31). The summed E-state index contributed by atoms with van der Waals surface area (Å²) in [6.45, 7) is 0.570. The number of nitrogens with zero attached hydrogens (tertiary/aromatic N) is 1. The van der Waals surface area contributed by atoms with E-state index in [1.165, 1.54) is 10.9 Å². The van der Waals surface area contributed by atoms with Gasteiger partial charge < -0.3 is 24.7 Å². The lowest BCUT2D eigenvalue weighted by Crippen LogP contribution is -2.43. The van der Waals surface area contributed by atoms with Crippen molar-refractivity contribution >= 4 is 34.2 Å². The predicted molar refractivity (Wildman–Crippen MR) is 131 cm³/mol. The number of benzene rings is 3. The van der Waals surface area contributed by atoms with Gasteiger partial charge in [0, 0.05) is 28.2 Å². The van der Waals surface area contributed by atoms with Crippen LogP contribution >= 0.6 is 11.6 Å². The maximum Gasteiger partial charge on any atom is 0.322 e. The smallest absolute Gasteiger partial charge is 0.322 e. The minimum Gasteiger partial charge on any atom is -0.497 e. The number of anilines is 1. The molecule has 6 nitrogen and oxygen atoms in total. The number of hydrogen-bond donors (Lipinski definition) is 2. The van der Waals surface area contributed by atoms with E-state index >= 15 is 0 Å². The normalized spacial score (nSPS) is 15.2. The Morgan fingerprint density at radius 3 is 2.61 bits per heavy atom. The van der Waals surface area contributed by atoms with Gasteiger partial charge in [-0.3, -0.25) is 0 Å². The van der Waals surface area contributed by atoms with Crippen LogP contribution in [0, 0.1) is 0 Å². The number of rotatable bonds is 4. The van der Waals surface area contributed by atoms with Gasteiger partial charge in [-0.15, -0.1) is 0 Å². The Labute approximate surface area is 197 Å². The molecule has 4 aromatic rings. The Bertz CT molecular complexity index is 1320. The fraction of sp³-hybridized carbons (Fsp3) is 0.192. The summed E-state index contributed by atoms with van der Waals surface area (Å²) in [7, 11) is 3.21. The van der Waals surface area contributed by atoms with Crippen molar-refractivity contribution in [3.8, 4) is 11.5 Å².